The smallest absolute Gasteiger partial charge is 0.240 e. The Balaban J connectivity index is 1.59. The number of hydrogen-bond donors (Lipinski definition) is 1. The highest BCUT2D eigenvalue weighted by molar-refractivity contribution is 8.01. The fraction of sp³-hybridized carbons (Fsp3) is 0.231. The molecule has 1 N–H and O–H groups in total. The van der Waals surface area contributed by atoms with E-state index in [4.69, 9.17) is 4.74 Å². The van der Waals surface area contributed by atoms with E-state index in [-0.39, 0.29) is 22.8 Å². The lowest BCUT2D eigenvalue weighted by molar-refractivity contribution is -0.118. The number of carbonyl (C=O) groups is 2. The number of thioether (sulfide) groups is 1. The zero-order valence-corrected chi connectivity index (χ0v) is 19.2. The molecule has 0 heterocycles. The second-order valence-electron chi connectivity index (χ2n) is 7.20. The van der Waals surface area contributed by atoms with Gasteiger partial charge in [-0.2, -0.15) is 0 Å². The van der Waals surface area contributed by atoms with Crippen LogP contribution in [-0.4, -0.2) is 29.4 Å². The van der Waals surface area contributed by atoms with Crippen molar-refractivity contribution in [2.45, 2.75) is 25.6 Å². The number of hydrogen-bond acceptors (Lipinski definition) is 4. The van der Waals surface area contributed by atoms with Crippen LogP contribution in [0.3, 0.4) is 0 Å². The Morgan fingerprint density at radius 1 is 0.938 bits per heavy atom. The second kappa shape index (κ2) is 12.0. The highest BCUT2D eigenvalue weighted by Crippen LogP contribution is 2.23. The molecule has 0 fully saturated rings. The summed E-state index contributed by atoms with van der Waals surface area (Å²) in [6, 6.07) is 26.8. The van der Waals surface area contributed by atoms with E-state index in [1.807, 2.05) is 86.6 Å². The van der Waals surface area contributed by atoms with Crippen LogP contribution in [0.1, 0.15) is 19.4 Å². The summed E-state index contributed by atoms with van der Waals surface area (Å²) in [6.07, 6.45) is 0. The van der Waals surface area contributed by atoms with Gasteiger partial charge in [-0.25, -0.2) is 0 Å². The van der Waals surface area contributed by atoms with Crippen LogP contribution in [0.25, 0.3) is 0 Å². The molecule has 0 aromatic heterocycles. The number of nitrogens with one attached hydrogen (secondary N) is 1. The zero-order chi connectivity index (χ0) is 22.8. The van der Waals surface area contributed by atoms with Crippen LogP contribution >= 0.6 is 11.8 Å². The molecule has 0 spiro atoms. The van der Waals surface area contributed by atoms with Crippen molar-refractivity contribution in [3.8, 4) is 5.75 Å². The molecule has 0 aliphatic carbocycles. The van der Waals surface area contributed by atoms with E-state index in [2.05, 4.69) is 5.32 Å². The van der Waals surface area contributed by atoms with Crippen LogP contribution in [0.4, 0.5) is 11.4 Å². The number of rotatable bonds is 10. The van der Waals surface area contributed by atoms with Gasteiger partial charge in [0.15, 0.2) is 0 Å². The number of anilines is 2. The molecule has 1 unspecified atom stereocenters. The van der Waals surface area contributed by atoms with E-state index < -0.39 is 0 Å². The lowest BCUT2D eigenvalue weighted by Gasteiger charge is -2.26. The summed E-state index contributed by atoms with van der Waals surface area (Å²) in [5, 5.41) is 2.50. The highest BCUT2D eigenvalue weighted by Gasteiger charge is 2.23. The first-order valence-electron chi connectivity index (χ1n) is 10.6. The Kier molecular flexibility index (Phi) is 8.75. The fourth-order valence-electron chi connectivity index (χ4n) is 3.16. The summed E-state index contributed by atoms with van der Waals surface area (Å²) < 4.78 is 5.41. The number of ether oxygens (including phenoxy) is 1. The fourth-order valence-corrected chi connectivity index (χ4v) is 3.90. The van der Waals surface area contributed by atoms with E-state index in [0.717, 1.165) is 17.0 Å². The number of carbonyl (C=O) groups excluding carboxylic acids is 2. The van der Waals surface area contributed by atoms with Gasteiger partial charge in [-0.1, -0.05) is 48.5 Å². The molecule has 3 aromatic rings. The number of benzene rings is 3. The number of nitrogens with zero attached hydrogens (tertiary/aromatic N) is 1. The third-order valence-corrected chi connectivity index (χ3v) is 5.91. The summed E-state index contributed by atoms with van der Waals surface area (Å²) in [4.78, 5) is 27.4. The van der Waals surface area contributed by atoms with E-state index in [9.17, 15) is 9.59 Å². The largest absolute Gasteiger partial charge is 0.494 e. The maximum absolute atomic E-state index is 13.3. The number of amides is 2. The van der Waals surface area contributed by atoms with E-state index >= 15 is 0 Å². The topological polar surface area (TPSA) is 58.6 Å². The van der Waals surface area contributed by atoms with Gasteiger partial charge in [-0.05, 0) is 55.8 Å². The van der Waals surface area contributed by atoms with E-state index in [1.165, 1.54) is 11.8 Å². The lowest BCUT2D eigenvalue weighted by atomic mass is 10.2. The Morgan fingerprint density at radius 2 is 1.56 bits per heavy atom. The Morgan fingerprint density at radius 3 is 2.19 bits per heavy atom. The molecule has 32 heavy (non-hydrogen) atoms. The Hall–Kier alpha value is -3.25. The van der Waals surface area contributed by atoms with Crippen molar-refractivity contribution < 1.29 is 14.3 Å². The molecular weight excluding hydrogens is 420 g/mol. The van der Waals surface area contributed by atoms with Gasteiger partial charge in [0, 0.05) is 11.4 Å². The SMILES string of the molecule is CCOc1ccc(NC(=O)CSC(C)C(=O)N(Cc2ccccc2)c2ccccc2)cc1. The first-order chi connectivity index (χ1) is 15.6. The van der Waals surface area contributed by atoms with Gasteiger partial charge < -0.3 is 15.0 Å². The van der Waals surface area contributed by atoms with E-state index in [0.29, 0.717) is 18.8 Å². The molecule has 0 aliphatic rings. The minimum Gasteiger partial charge on any atom is -0.494 e. The van der Waals surface area contributed by atoms with Gasteiger partial charge in [0.1, 0.15) is 5.75 Å². The third-order valence-electron chi connectivity index (χ3n) is 4.78. The zero-order valence-electron chi connectivity index (χ0n) is 18.4. The van der Waals surface area contributed by atoms with Crippen molar-refractivity contribution in [1.29, 1.82) is 0 Å². The predicted octanol–water partition coefficient (Wildman–Crippen LogP) is 5.38. The van der Waals surface area contributed by atoms with Gasteiger partial charge in [-0.15, -0.1) is 11.8 Å². The van der Waals surface area contributed by atoms with Crippen molar-refractivity contribution in [2.24, 2.45) is 0 Å². The molecule has 6 heteroatoms. The Bertz CT molecular complexity index is 995. The first kappa shape index (κ1) is 23.4. The highest BCUT2D eigenvalue weighted by atomic mass is 32.2. The van der Waals surface area contributed by atoms with Gasteiger partial charge in [-0.3, -0.25) is 9.59 Å². The molecule has 0 radical (unpaired) electrons. The van der Waals surface area contributed by atoms with Gasteiger partial charge in [0.25, 0.3) is 0 Å². The second-order valence-corrected chi connectivity index (χ2v) is 8.53. The third kappa shape index (κ3) is 6.89. The van der Waals surface area contributed by atoms with Crippen molar-refractivity contribution in [3.63, 3.8) is 0 Å². The minimum atomic E-state index is -0.370. The first-order valence-corrected chi connectivity index (χ1v) is 11.7. The van der Waals surface area contributed by atoms with Gasteiger partial charge >= 0.3 is 0 Å². The molecular formula is C26H28N2O3S. The average molecular weight is 449 g/mol. The van der Waals surface area contributed by atoms with Crippen LogP contribution in [0.15, 0.2) is 84.9 Å². The molecule has 3 rings (SSSR count). The molecule has 3 aromatic carbocycles. The summed E-state index contributed by atoms with van der Waals surface area (Å²) in [6.45, 7) is 4.84. The summed E-state index contributed by atoms with van der Waals surface area (Å²) in [5.74, 6) is 0.777. The average Bonchev–Trinajstić information content (AvgIpc) is 2.83. The predicted molar refractivity (Wildman–Crippen MR) is 132 cm³/mol. The van der Waals surface area contributed by atoms with Crippen molar-refractivity contribution in [2.75, 3.05) is 22.6 Å². The van der Waals surface area contributed by atoms with Crippen LogP contribution in [0.5, 0.6) is 5.75 Å². The van der Waals surface area contributed by atoms with Gasteiger partial charge in [0.2, 0.25) is 11.8 Å². The van der Waals surface area contributed by atoms with E-state index in [1.54, 1.807) is 17.0 Å². The monoisotopic (exact) mass is 448 g/mol. The molecule has 0 bridgehead atoms. The minimum absolute atomic E-state index is 0.0288. The van der Waals surface area contributed by atoms with Gasteiger partial charge in [0.05, 0.1) is 24.2 Å². The van der Waals surface area contributed by atoms with Crippen LogP contribution in [-0.2, 0) is 16.1 Å². The summed E-state index contributed by atoms with van der Waals surface area (Å²) in [7, 11) is 0. The molecule has 1 atom stereocenters. The Labute approximate surface area is 193 Å². The molecule has 0 saturated carbocycles. The maximum Gasteiger partial charge on any atom is 0.240 e. The molecule has 2 amide bonds. The maximum atomic E-state index is 13.3. The standard InChI is InChI=1S/C26H28N2O3S/c1-3-31-24-16-14-22(15-17-24)27-25(29)19-32-20(2)26(30)28(23-12-8-5-9-13-23)18-21-10-6-4-7-11-21/h4-17,20H,3,18-19H2,1-2H3,(H,27,29). The summed E-state index contributed by atoms with van der Waals surface area (Å²) >= 11 is 1.33. The van der Waals surface area contributed by atoms with Crippen molar-refractivity contribution in [1.82, 2.24) is 0 Å². The van der Waals surface area contributed by atoms with Crippen molar-refractivity contribution >= 4 is 35.0 Å². The number of para-hydroxylation sites is 1. The summed E-state index contributed by atoms with van der Waals surface area (Å²) in [5.41, 5.74) is 2.59. The molecule has 0 saturated heterocycles. The van der Waals surface area contributed by atoms with Crippen LogP contribution in [0.2, 0.25) is 0 Å². The normalized spacial score (nSPS) is 11.4. The van der Waals surface area contributed by atoms with Crippen molar-refractivity contribution in [3.05, 3.63) is 90.5 Å². The lowest BCUT2D eigenvalue weighted by Crippen LogP contribution is -2.36. The molecule has 0 aliphatic heterocycles. The quantitative estimate of drug-likeness (QED) is 0.452. The van der Waals surface area contributed by atoms with Crippen LogP contribution < -0.4 is 15.0 Å². The van der Waals surface area contributed by atoms with Crippen LogP contribution in [0, 0.1) is 0 Å². The molecule has 5 nitrogen and oxygen atoms in total. The molecule has 166 valence electrons.